The number of sulfonamides is 1. The third kappa shape index (κ3) is 7.60. The third-order valence-electron chi connectivity index (χ3n) is 5.02. The molecule has 0 bridgehead atoms. The number of halogens is 1. The van der Waals surface area contributed by atoms with Gasteiger partial charge in [-0.15, -0.1) is 0 Å². The lowest BCUT2D eigenvalue weighted by Gasteiger charge is -2.32. The number of amides is 2. The molecular weight excluding hydrogens is 557 g/mol. The first-order valence-electron chi connectivity index (χ1n) is 10.5. The van der Waals surface area contributed by atoms with Gasteiger partial charge in [0.15, 0.2) is 0 Å². The van der Waals surface area contributed by atoms with Crippen molar-refractivity contribution in [3.8, 4) is 5.75 Å². The summed E-state index contributed by atoms with van der Waals surface area (Å²) in [5.74, 6) is -0.126. The van der Waals surface area contributed by atoms with Gasteiger partial charge in [-0.3, -0.25) is 13.9 Å². The summed E-state index contributed by atoms with van der Waals surface area (Å²) >= 11 is 2.13. The SMILES string of the molecule is CCNC(=O)C(CC)N(Cc1cccc(OC)c1)C(=O)CN(c1ccc(I)cc1)S(C)(=O)=O. The molecule has 2 rings (SSSR count). The molecule has 2 aromatic carbocycles. The molecule has 1 unspecified atom stereocenters. The van der Waals surface area contributed by atoms with Crippen molar-refractivity contribution in [3.63, 3.8) is 0 Å². The lowest BCUT2D eigenvalue weighted by molar-refractivity contribution is -0.140. The highest BCUT2D eigenvalue weighted by atomic mass is 127. The number of hydrogen-bond acceptors (Lipinski definition) is 5. The van der Waals surface area contributed by atoms with Crippen LogP contribution in [-0.2, 0) is 26.2 Å². The van der Waals surface area contributed by atoms with Gasteiger partial charge in [0.05, 0.1) is 19.1 Å². The molecule has 33 heavy (non-hydrogen) atoms. The standard InChI is InChI=1S/C23H30IN3O5S/c1-5-21(23(29)25-6-2)26(15-17-8-7-9-20(14-17)32-3)22(28)16-27(33(4,30)31)19-12-10-18(24)11-13-19/h7-14,21H,5-6,15-16H2,1-4H3,(H,25,29). The summed E-state index contributed by atoms with van der Waals surface area (Å²) < 4.78 is 32.4. The van der Waals surface area contributed by atoms with Crippen LogP contribution >= 0.6 is 22.6 Å². The van der Waals surface area contributed by atoms with E-state index in [2.05, 4.69) is 27.9 Å². The minimum Gasteiger partial charge on any atom is -0.497 e. The van der Waals surface area contributed by atoms with E-state index >= 15 is 0 Å². The van der Waals surface area contributed by atoms with Gasteiger partial charge in [0.1, 0.15) is 18.3 Å². The predicted octanol–water partition coefficient (Wildman–Crippen LogP) is 3.01. The second kappa shape index (κ2) is 12.2. The molecule has 1 N–H and O–H groups in total. The molecule has 0 spiro atoms. The van der Waals surface area contributed by atoms with Gasteiger partial charge in [0.2, 0.25) is 21.8 Å². The van der Waals surface area contributed by atoms with E-state index in [-0.39, 0.29) is 12.5 Å². The first-order chi connectivity index (χ1) is 15.6. The molecule has 2 amide bonds. The van der Waals surface area contributed by atoms with Crippen LogP contribution in [0.4, 0.5) is 5.69 Å². The Kier molecular flexibility index (Phi) is 9.96. The van der Waals surface area contributed by atoms with E-state index in [0.717, 1.165) is 19.7 Å². The number of carbonyl (C=O) groups excluding carboxylic acids is 2. The summed E-state index contributed by atoms with van der Waals surface area (Å²) in [5.41, 5.74) is 1.16. The monoisotopic (exact) mass is 587 g/mol. The van der Waals surface area contributed by atoms with E-state index in [1.807, 2.05) is 13.0 Å². The number of carbonyl (C=O) groups is 2. The van der Waals surface area contributed by atoms with E-state index in [9.17, 15) is 18.0 Å². The summed E-state index contributed by atoms with van der Waals surface area (Å²) in [6, 6.07) is 13.3. The summed E-state index contributed by atoms with van der Waals surface area (Å²) in [4.78, 5) is 27.7. The Morgan fingerprint density at radius 3 is 2.33 bits per heavy atom. The quantitative estimate of drug-likeness (QED) is 0.408. The fourth-order valence-electron chi connectivity index (χ4n) is 3.40. The number of nitrogens with one attached hydrogen (secondary N) is 1. The first-order valence-corrected chi connectivity index (χ1v) is 13.5. The highest BCUT2D eigenvalue weighted by Gasteiger charge is 2.31. The molecule has 10 heteroatoms. The Hall–Kier alpha value is -2.34. The summed E-state index contributed by atoms with van der Waals surface area (Å²) in [6.07, 6.45) is 1.44. The molecule has 0 aromatic heterocycles. The zero-order valence-electron chi connectivity index (χ0n) is 19.2. The number of hydrogen-bond donors (Lipinski definition) is 1. The number of anilines is 1. The van der Waals surface area contributed by atoms with Gasteiger partial charge in [-0.25, -0.2) is 8.42 Å². The minimum absolute atomic E-state index is 0.135. The summed E-state index contributed by atoms with van der Waals surface area (Å²) in [6.45, 7) is 3.77. The van der Waals surface area contributed by atoms with Crippen LogP contribution in [0.2, 0.25) is 0 Å². The van der Waals surface area contributed by atoms with Gasteiger partial charge in [-0.1, -0.05) is 19.1 Å². The van der Waals surface area contributed by atoms with Crippen molar-refractivity contribution in [1.82, 2.24) is 10.2 Å². The maximum absolute atomic E-state index is 13.5. The van der Waals surface area contributed by atoms with Gasteiger partial charge in [-0.05, 0) is 77.9 Å². The molecule has 1 atom stereocenters. The van der Waals surface area contributed by atoms with Crippen LogP contribution in [0.1, 0.15) is 25.8 Å². The zero-order chi connectivity index (χ0) is 24.6. The Morgan fingerprint density at radius 1 is 1.12 bits per heavy atom. The fraction of sp³-hybridized carbons (Fsp3) is 0.391. The third-order valence-corrected chi connectivity index (χ3v) is 6.88. The Morgan fingerprint density at radius 2 is 1.79 bits per heavy atom. The lowest BCUT2D eigenvalue weighted by atomic mass is 10.1. The molecule has 2 aromatic rings. The topological polar surface area (TPSA) is 96.0 Å². The Labute approximate surface area is 209 Å². The molecule has 0 fully saturated rings. The Balaban J connectivity index is 2.43. The van der Waals surface area contributed by atoms with E-state index in [0.29, 0.717) is 24.4 Å². The number of methoxy groups -OCH3 is 1. The molecule has 0 saturated heterocycles. The number of nitrogens with zero attached hydrogens (tertiary/aromatic N) is 2. The Bertz CT molecular complexity index is 1060. The fourth-order valence-corrected chi connectivity index (χ4v) is 4.61. The number of rotatable bonds is 11. The van der Waals surface area contributed by atoms with Crippen LogP contribution < -0.4 is 14.4 Å². The van der Waals surface area contributed by atoms with Crippen LogP contribution in [0.25, 0.3) is 0 Å². The van der Waals surface area contributed by atoms with Gasteiger partial charge < -0.3 is 15.0 Å². The maximum Gasteiger partial charge on any atom is 0.244 e. The van der Waals surface area contributed by atoms with Gasteiger partial charge in [0, 0.05) is 16.7 Å². The van der Waals surface area contributed by atoms with Crippen LogP contribution in [0.3, 0.4) is 0 Å². The molecule has 0 aliphatic rings. The normalized spacial score (nSPS) is 12.0. The summed E-state index contributed by atoms with van der Waals surface area (Å²) in [5, 5.41) is 2.77. The molecular formula is C23H30IN3O5S. The van der Waals surface area contributed by atoms with E-state index in [1.54, 1.807) is 56.5 Å². The zero-order valence-corrected chi connectivity index (χ0v) is 22.2. The van der Waals surface area contributed by atoms with Crippen molar-refractivity contribution in [2.75, 3.05) is 30.8 Å². The molecule has 0 radical (unpaired) electrons. The van der Waals surface area contributed by atoms with E-state index in [4.69, 9.17) is 4.74 Å². The van der Waals surface area contributed by atoms with Crippen molar-refractivity contribution in [1.29, 1.82) is 0 Å². The number of ether oxygens (including phenoxy) is 1. The van der Waals surface area contributed by atoms with Crippen LogP contribution in [0.5, 0.6) is 5.75 Å². The molecule has 180 valence electrons. The largest absolute Gasteiger partial charge is 0.497 e. The average Bonchev–Trinajstić information content (AvgIpc) is 2.77. The molecule has 8 nitrogen and oxygen atoms in total. The highest BCUT2D eigenvalue weighted by Crippen LogP contribution is 2.22. The van der Waals surface area contributed by atoms with Gasteiger partial charge in [-0.2, -0.15) is 0 Å². The average molecular weight is 587 g/mol. The van der Waals surface area contributed by atoms with Crippen LogP contribution in [-0.4, -0.2) is 57.6 Å². The first kappa shape index (κ1) is 26.9. The predicted molar refractivity (Wildman–Crippen MR) is 138 cm³/mol. The van der Waals surface area contributed by atoms with Crippen molar-refractivity contribution in [3.05, 3.63) is 57.7 Å². The lowest BCUT2D eigenvalue weighted by Crippen LogP contribution is -2.52. The minimum atomic E-state index is -3.74. The smallest absolute Gasteiger partial charge is 0.244 e. The summed E-state index contributed by atoms with van der Waals surface area (Å²) in [7, 11) is -2.19. The van der Waals surface area contributed by atoms with Gasteiger partial charge in [0.25, 0.3) is 0 Å². The van der Waals surface area contributed by atoms with E-state index in [1.165, 1.54) is 4.90 Å². The van der Waals surface area contributed by atoms with E-state index < -0.39 is 28.5 Å². The van der Waals surface area contributed by atoms with Crippen LogP contribution in [0.15, 0.2) is 48.5 Å². The second-order valence-electron chi connectivity index (χ2n) is 7.44. The van der Waals surface area contributed by atoms with Crippen LogP contribution in [0, 0.1) is 3.57 Å². The maximum atomic E-state index is 13.5. The molecule has 0 aliphatic carbocycles. The molecule has 0 heterocycles. The number of likely N-dealkylation sites (N-methyl/N-ethyl adjacent to an activating group) is 1. The van der Waals surface area contributed by atoms with Gasteiger partial charge >= 0.3 is 0 Å². The second-order valence-corrected chi connectivity index (χ2v) is 10.6. The highest BCUT2D eigenvalue weighted by molar-refractivity contribution is 14.1. The van der Waals surface area contributed by atoms with Crippen molar-refractivity contribution < 1.29 is 22.7 Å². The molecule has 0 aliphatic heterocycles. The van der Waals surface area contributed by atoms with Crippen molar-refractivity contribution in [2.45, 2.75) is 32.9 Å². The van der Waals surface area contributed by atoms with Crippen molar-refractivity contribution >= 4 is 50.1 Å². The molecule has 0 saturated carbocycles. The van der Waals surface area contributed by atoms with Crippen molar-refractivity contribution in [2.24, 2.45) is 0 Å². The number of benzene rings is 2.